The number of hydrogen-bond donors (Lipinski definition) is 2. The monoisotopic (exact) mass is 290 g/mol. The van der Waals surface area contributed by atoms with Gasteiger partial charge in [-0.25, -0.2) is 0 Å². The quantitative estimate of drug-likeness (QED) is 0.778. The first-order valence-electron chi connectivity index (χ1n) is 7.08. The van der Waals surface area contributed by atoms with Gasteiger partial charge in [-0.3, -0.25) is 0 Å². The van der Waals surface area contributed by atoms with Crippen LogP contribution in [0.3, 0.4) is 0 Å². The van der Waals surface area contributed by atoms with E-state index in [1.165, 1.54) is 0 Å². The number of para-hydroxylation sites is 1. The van der Waals surface area contributed by atoms with Gasteiger partial charge in [0.15, 0.2) is 0 Å². The lowest BCUT2D eigenvalue weighted by atomic mass is 10.1. The number of anilines is 2. The van der Waals surface area contributed by atoms with Gasteiger partial charge in [-0.05, 0) is 18.1 Å². The Kier molecular flexibility index (Phi) is 5.71. The van der Waals surface area contributed by atoms with Crippen LogP contribution in [0.5, 0.6) is 0 Å². The molecule has 0 amide bonds. The van der Waals surface area contributed by atoms with Crippen LogP contribution in [-0.4, -0.2) is 30.0 Å². The molecular weight excluding hydrogens is 268 g/mol. The predicted molar refractivity (Wildman–Crippen MR) is 81.6 cm³/mol. The lowest BCUT2D eigenvalue weighted by Crippen LogP contribution is -2.21. The van der Waals surface area contributed by atoms with E-state index in [-0.39, 0.29) is 0 Å². The molecule has 1 heterocycles. The van der Waals surface area contributed by atoms with Crippen molar-refractivity contribution in [3.8, 4) is 0 Å². The van der Waals surface area contributed by atoms with Gasteiger partial charge in [-0.2, -0.15) is 0 Å². The van der Waals surface area contributed by atoms with Gasteiger partial charge in [0.2, 0.25) is 5.89 Å². The molecule has 0 radical (unpaired) electrons. The fraction of sp³-hybridized carbons (Fsp3) is 0.467. The number of aromatic nitrogens is 2. The van der Waals surface area contributed by atoms with Crippen LogP contribution in [0, 0.1) is 0 Å². The van der Waals surface area contributed by atoms with E-state index in [0.717, 1.165) is 17.7 Å². The highest BCUT2D eigenvalue weighted by molar-refractivity contribution is 5.57. The van der Waals surface area contributed by atoms with Crippen LogP contribution in [0.15, 0.2) is 28.7 Å². The molecule has 2 rings (SSSR count). The Morgan fingerprint density at radius 3 is 2.81 bits per heavy atom. The second kappa shape index (κ2) is 7.75. The molecule has 0 saturated heterocycles. The number of nitrogens with one attached hydrogen (secondary N) is 2. The van der Waals surface area contributed by atoms with E-state index < -0.39 is 0 Å². The smallest absolute Gasteiger partial charge is 0.320 e. The third-order valence-electron chi connectivity index (χ3n) is 2.96. The van der Waals surface area contributed by atoms with Crippen LogP contribution < -0.4 is 10.6 Å². The van der Waals surface area contributed by atoms with Crippen LogP contribution in [0.4, 0.5) is 11.7 Å². The first-order chi connectivity index (χ1) is 10.2. The summed E-state index contributed by atoms with van der Waals surface area (Å²) < 4.78 is 10.7. The van der Waals surface area contributed by atoms with Crippen molar-refractivity contribution in [2.75, 3.05) is 19.0 Å². The highest BCUT2D eigenvalue weighted by Crippen LogP contribution is 2.20. The number of methoxy groups -OCH3 is 1. The summed E-state index contributed by atoms with van der Waals surface area (Å²) in [6.45, 7) is 5.38. The molecule has 0 aliphatic carbocycles. The van der Waals surface area contributed by atoms with Crippen molar-refractivity contribution in [2.45, 2.75) is 32.9 Å². The van der Waals surface area contributed by atoms with E-state index in [1.807, 2.05) is 18.2 Å². The first-order valence-corrected chi connectivity index (χ1v) is 7.08. The van der Waals surface area contributed by atoms with Crippen molar-refractivity contribution in [3.05, 3.63) is 35.7 Å². The number of rotatable bonds is 8. The summed E-state index contributed by atoms with van der Waals surface area (Å²) in [4.78, 5) is 0. The minimum absolute atomic E-state index is 0.378. The van der Waals surface area contributed by atoms with E-state index in [4.69, 9.17) is 9.15 Å². The molecule has 6 nitrogen and oxygen atoms in total. The van der Waals surface area contributed by atoms with Crippen LogP contribution in [0.25, 0.3) is 0 Å². The third-order valence-corrected chi connectivity index (χ3v) is 2.96. The summed E-state index contributed by atoms with van der Waals surface area (Å²) in [7, 11) is 1.70. The Hall–Kier alpha value is -1.92. The van der Waals surface area contributed by atoms with Crippen LogP contribution in [0.2, 0.25) is 0 Å². The molecule has 0 unspecified atom stereocenters. The maximum absolute atomic E-state index is 5.57. The van der Waals surface area contributed by atoms with Gasteiger partial charge >= 0.3 is 6.01 Å². The molecule has 0 bridgehead atoms. The summed E-state index contributed by atoms with van der Waals surface area (Å²) in [5.74, 6) is 0.570. The Bertz CT molecular complexity index is 554. The van der Waals surface area contributed by atoms with Gasteiger partial charge in [0.1, 0.15) is 0 Å². The number of hydrogen-bond acceptors (Lipinski definition) is 6. The Balaban J connectivity index is 2.01. The SMILES string of the molecule is COCCc1ccccc1Nc1nnc(CNC(C)C)o1. The fourth-order valence-corrected chi connectivity index (χ4v) is 1.85. The molecular formula is C15H22N4O2. The van der Waals surface area contributed by atoms with Gasteiger partial charge in [0, 0.05) is 18.8 Å². The third kappa shape index (κ3) is 4.84. The van der Waals surface area contributed by atoms with E-state index in [2.05, 4.69) is 40.7 Å². The minimum Gasteiger partial charge on any atom is -0.406 e. The van der Waals surface area contributed by atoms with Gasteiger partial charge in [-0.1, -0.05) is 37.1 Å². The van der Waals surface area contributed by atoms with E-state index in [9.17, 15) is 0 Å². The molecule has 0 aliphatic rings. The highest BCUT2D eigenvalue weighted by atomic mass is 16.5. The van der Waals surface area contributed by atoms with Gasteiger partial charge in [-0.15, -0.1) is 5.10 Å². The second-order valence-electron chi connectivity index (χ2n) is 5.06. The molecule has 114 valence electrons. The molecule has 21 heavy (non-hydrogen) atoms. The average molecular weight is 290 g/mol. The van der Waals surface area contributed by atoms with Gasteiger partial charge in [0.05, 0.1) is 13.2 Å². The lowest BCUT2D eigenvalue weighted by molar-refractivity contribution is 0.202. The predicted octanol–water partition coefficient (Wildman–Crippen LogP) is 2.50. The summed E-state index contributed by atoms with van der Waals surface area (Å²) in [5.41, 5.74) is 2.11. The van der Waals surface area contributed by atoms with E-state index >= 15 is 0 Å². The van der Waals surface area contributed by atoms with Crippen molar-refractivity contribution in [1.29, 1.82) is 0 Å². The normalized spacial score (nSPS) is 11.0. The zero-order valence-corrected chi connectivity index (χ0v) is 12.7. The molecule has 0 spiro atoms. The highest BCUT2D eigenvalue weighted by Gasteiger charge is 2.08. The van der Waals surface area contributed by atoms with Crippen molar-refractivity contribution in [2.24, 2.45) is 0 Å². The molecule has 1 aromatic heterocycles. The topological polar surface area (TPSA) is 72.2 Å². The first kappa shape index (κ1) is 15.5. The summed E-state index contributed by atoms with van der Waals surface area (Å²) in [5, 5.41) is 14.4. The molecule has 0 saturated carbocycles. The van der Waals surface area contributed by atoms with E-state index in [0.29, 0.717) is 31.1 Å². The average Bonchev–Trinajstić information content (AvgIpc) is 2.92. The van der Waals surface area contributed by atoms with Crippen molar-refractivity contribution >= 4 is 11.7 Å². The number of nitrogens with zero attached hydrogens (tertiary/aromatic N) is 2. The summed E-state index contributed by atoms with van der Waals surface area (Å²) in [6.07, 6.45) is 0.829. The molecule has 6 heteroatoms. The van der Waals surface area contributed by atoms with E-state index in [1.54, 1.807) is 7.11 Å². The Morgan fingerprint density at radius 2 is 2.05 bits per heavy atom. The second-order valence-corrected chi connectivity index (χ2v) is 5.06. The maximum atomic E-state index is 5.57. The zero-order valence-electron chi connectivity index (χ0n) is 12.7. The fourth-order valence-electron chi connectivity index (χ4n) is 1.85. The van der Waals surface area contributed by atoms with Crippen LogP contribution in [-0.2, 0) is 17.7 Å². The molecule has 0 aliphatic heterocycles. The lowest BCUT2D eigenvalue weighted by Gasteiger charge is -2.08. The largest absolute Gasteiger partial charge is 0.406 e. The molecule has 0 fully saturated rings. The van der Waals surface area contributed by atoms with Gasteiger partial charge in [0.25, 0.3) is 0 Å². The zero-order chi connectivity index (χ0) is 15.1. The molecule has 0 atom stereocenters. The Morgan fingerprint density at radius 1 is 1.24 bits per heavy atom. The molecule has 2 aromatic rings. The van der Waals surface area contributed by atoms with Crippen LogP contribution in [0.1, 0.15) is 25.3 Å². The van der Waals surface area contributed by atoms with Crippen molar-refractivity contribution in [1.82, 2.24) is 15.5 Å². The van der Waals surface area contributed by atoms with Crippen LogP contribution >= 0.6 is 0 Å². The maximum Gasteiger partial charge on any atom is 0.320 e. The summed E-state index contributed by atoms with van der Waals surface area (Å²) >= 11 is 0. The molecule has 1 aromatic carbocycles. The minimum atomic E-state index is 0.378. The van der Waals surface area contributed by atoms with Gasteiger partial charge < -0.3 is 19.8 Å². The Labute approximate surface area is 124 Å². The summed E-state index contributed by atoms with van der Waals surface area (Å²) in [6, 6.07) is 8.79. The number of benzene rings is 1. The molecule has 2 N–H and O–H groups in total. The van der Waals surface area contributed by atoms with Crippen molar-refractivity contribution in [3.63, 3.8) is 0 Å². The standard InChI is InChI=1S/C15H22N4O2/c1-11(2)16-10-14-18-19-15(21-14)17-13-7-5-4-6-12(13)8-9-20-3/h4-7,11,16H,8-10H2,1-3H3,(H,17,19). The van der Waals surface area contributed by atoms with Crippen molar-refractivity contribution < 1.29 is 9.15 Å². The number of ether oxygens (including phenoxy) is 1.